The van der Waals surface area contributed by atoms with Crippen molar-refractivity contribution >= 4 is 56.5 Å². The van der Waals surface area contributed by atoms with Crippen molar-refractivity contribution in [3.05, 3.63) is 62.5 Å². The first kappa shape index (κ1) is 21.1. The highest BCUT2D eigenvalue weighted by atomic mass is 79.9. The molecule has 8 heteroatoms. The van der Waals surface area contributed by atoms with Crippen molar-refractivity contribution in [3.63, 3.8) is 0 Å². The van der Waals surface area contributed by atoms with E-state index in [1.165, 1.54) is 0 Å². The summed E-state index contributed by atoms with van der Waals surface area (Å²) in [5.41, 5.74) is 3.53. The summed E-state index contributed by atoms with van der Waals surface area (Å²) in [7, 11) is 1.56. The van der Waals surface area contributed by atoms with Crippen molar-refractivity contribution in [1.29, 1.82) is 0 Å². The van der Waals surface area contributed by atoms with Crippen LogP contribution in [0.25, 0.3) is 6.08 Å². The number of anilines is 1. The van der Waals surface area contributed by atoms with Crippen molar-refractivity contribution in [2.45, 2.75) is 13.8 Å². The van der Waals surface area contributed by atoms with Gasteiger partial charge < -0.3 is 10.1 Å². The lowest BCUT2D eigenvalue weighted by Crippen LogP contribution is -2.36. The number of imide groups is 1. The number of benzene rings is 2. The number of amides is 3. The zero-order chi connectivity index (χ0) is 21.1. The van der Waals surface area contributed by atoms with Crippen LogP contribution in [-0.4, -0.2) is 35.6 Å². The van der Waals surface area contributed by atoms with Crippen LogP contribution in [0.2, 0.25) is 0 Å². The van der Waals surface area contributed by atoms with E-state index in [0.717, 1.165) is 37.8 Å². The van der Waals surface area contributed by atoms with Crippen LogP contribution in [0.5, 0.6) is 5.75 Å². The van der Waals surface area contributed by atoms with E-state index in [-0.39, 0.29) is 11.4 Å². The average molecular weight is 475 g/mol. The molecular formula is C21H19BrN2O4S. The zero-order valence-electron chi connectivity index (χ0n) is 16.1. The van der Waals surface area contributed by atoms with Gasteiger partial charge in [-0.3, -0.25) is 19.3 Å². The lowest BCUT2D eigenvalue weighted by Gasteiger charge is -2.13. The Bertz CT molecular complexity index is 1040. The fourth-order valence-corrected chi connectivity index (χ4v) is 4.12. The molecule has 0 saturated carbocycles. The third kappa shape index (κ3) is 4.89. The summed E-state index contributed by atoms with van der Waals surface area (Å²) in [5.74, 6) is -0.246. The first-order chi connectivity index (χ1) is 13.8. The number of rotatable bonds is 5. The van der Waals surface area contributed by atoms with Gasteiger partial charge in [0.1, 0.15) is 12.3 Å². The van der Waals surface area contributed by atoms with Crippen LogP contribution >= 0.6 is 27.7 Å². The summed E-state index contributed by atoms with van der Waals surface area (Å²) < 4.78 is 5.92. The minimum atomic E-state index is -0.484. The lowest BCUT2D eigenvalue weighted by molar-refractivity contribution is -0.127. The molecule has 6 nitrogen and oxygen atoms in total. The summed E-state index contributed by atoms with van der Waals surface area (Å²) in [6, 6.07) is 10.9. The van der Waals surface area contributed by atoms with Gasteiger partial charge in [-0.1, -0.05) is 12.1 Å². The minimum Gasteiger partial charge on any atom is -0.496 e. The molecule has 0 atom stereocenters. The Morgan fingerprint density at radius 2 is 1.93 bits per heavy atom. The summed E-state index contributed by atoms with van der Waals surface area (Å²) >= 11 is 4.21. The van der Waals surface area contributed by atoms with Crippen molar-refractivity contribution in [2.24, 2.45) is 0 Å². The number of hydrogen-bond acceptors (Lipinski definition) is 5. The average Bonchev–Trinajstić information content (AvgIpc) is 2.92. The molecule has 1 saturated heterocycles. The Kier molecular flexibility index (Phi) is 6.44. The quantitative estimate of drug-likeness (QED) is 0.632. The normalized spacial score (nSPS) is 15.2. The maximum atomic E-state index is 12.6. The predicted molar refractivity (Wildman–Crippen MR) is 118 cm³/mol. The van der Waals surface area contributed by atoms with Gasteiger partial charge in [0.05, 0.1) is 16.5 Å². The SMILES string of the molecule is COc1ccc(/C=C2/SC(=O)N(CC(=O)Nc3ccc(C)c(C)c3)C2=O)cc1Br. The number of ether oxygens (including phenoxy) is 1. The van der Waals surface area contributed by atoms with E-state index in [9.17, 15) is 14.4 Å². The fourth-order valence-electron chi connectivity index (χ4n) is 2.72. The van der Waals surface area contributed by atoms with Crippen molar-refractivity contribution in [1.82, 2.24) is 4.90 Å². The van der Waals surface area contributed by atoms with Crippen LogP contribution < -0.4 is 10.1 Å². The van der Waals surface area contributed by atoms with Gasteiger partial charge in [0.2, 0.25) is 5.91 Å². The van der Waals surface area contributed by atoms with Crippen molar-refractivity contribution in [2.75, 3.05) is 19.0 Å². The third-order valence-electron chi connectivity index (χ3n) is 4.44. The molecule has 0 aromatic heterocycles. The third-order valence-corrected chi connectivity index (χ3v) is 5.97. The molecule has 0 unspecified atom stereocenters. The van der Waals surface area contributed by atoms with Crippen LogP contribution in [0.4, 0.5) is 10.5 Å². The molecule has 2 aromatic rings. The number of methoxy groups -OCH3 is 1. The maximum Gasteiger partial charge on any atom is 0.294 e. The number of aryl methyl sites for hydroxylation is 2. The largest absolute Gasteiger partial charge is 0.496 e. The highest BCUT2D eigenvalue weighted by Crippen LogP contribution is 2.33. The van der Waals surface area contributed by atoms with Gasteiger partial charge in [-0.25, -0.2) is 0 Å². The number of nitrogens with one attached hydrogen (secondary N) is 1. The molecule has 0 aliphatic carbocycles. The molecule has 1 aliphatic heterocycles. The molecule has 29 heavy (non-hydrogen) atoms. The smallest absolute Gasteiger partial charge is 0.294 e. The second kappa shape index (κ2) is 8.84. The molecule has 2 aromatic carbocycles. The van der Waals surface area contributed by atoms with Crippen LogP contribution in [-0.2, 0) is 9.59 Å². The molecule has 1 heterocycles. The Hall–Kier alpha value is -2.58. The van der Waals surface area contributed by atoms with E-state index in [1.807, 2.05) is 26.0 Å². The summed E-state index contributed by atoms with van der Waals surface area (Å²) in [6.45, 7) is 3.60. The molecule has 1 N–H and O–H groups in total. The second-order valence-electron chi connectivity index (χ2n) is 6.51. The first-order valence-corrected chi connectivity index (χ1v) is 10.4. The number of carbonyl (C=O) groups excluding carboxylic acids is 3. The monoisotopic (exact) mass is 474 g/mol. The highest BCUT2D eigenvalue weighted by molar-refractivity contribution is 9.10. The van der Waals surface area contributed by atoms with Gasteiger partial charge in [-0.15, -0.1) is 0 Å². The van der Waals surface area contributed by atoms with Crippen LogP contribution in [0.15, 0.2) is 45.8 Å². The van der Waals surface area contributed by atoms with Crippen LogP contribution in [0, 0.1) is 13.8 Å². The van der Waals surface area contributed by atoms with Gasteiger partial charge in [0.25, 0.3) is 11.1 Å². The lowest BCUT2D eigenvalue weighted by atomic mass is 10.1. The van der Waals surface area contributed by atoms with E-state index < -0.39 is 17.1 Å². The first-order valence-electron chi connectivity index (χ1n) is 8.74. The Morgan fingerprint density at radius 3 is 2.59 bits per heavy atom. The molecule has 1 fully saturated rings. The van der Waals surface area contributed by atoms with Crippen molar-refractivity contribution in [3.8, 4) is 5.75 Å². The Balaban J connectivity index is 1.70. The topological polar surface area (TPSA) is 75.7 Å². The Labute approximate surface area is 181 Å². The van der Waals surface area contributed by atoms with Crippen LogP contribution in [0.1, 0.15) is 16.7 Å². The summed E-state index contributed by atoms with van der Waals surface area (Å²) in [5, 5.41) is 2.26. The highest BCUT2D eigenvalue weighted by Gasteiger charge is 2.36. The molecule has 0 spiro atoms. The maximum absolute atomic E-state index is 12.6. The van der Waals surface area contributed by atoms with Gasteiger partial charge in [-0.05, 0) is 88.6 Å². The van der Waals surface area contributed by atoms with Crippen LogP contribution in [0.3, 0.4) is 0 Å². The summed E-state index contributed by atoms with van der Waals surface area (Å²) in [4.78, 5) is 38.4. The van der Waals surface area contributed by atoms with E-state index in [2.05, 4.69) is 21.2 Å². The standard InChI is InChI=1S/C21H19BrN2O4S/c1-12-4-6-15(8-13(12)2)23-19(25)11-24-20(26)18(29-21(24)27)10-14-5-7-17(28-3)16(22)9-14/h4-10H,11H2,1-3H3,(H,23,25)/b18-10+. The molecule has 3 amide bonds. The predicted octanol–water partition coefficient (Wildman–Crippen LogP) is 4.75. The number of nitrogens with zero attached hydrogens (tertiary/aromatic N) is 1. The fraction of sp³-hybridized carbons (Fsp3) is 0.190. The number of hydrogen-bond donors (Lipinski definition) is 1. The second-order valence-corrected chi connectivity index (χ2v) is 8.36. The Morgan fingerprint density at radius 1 is 1.17 bits per heavy atom. The van der Waals surface area contributed by atoms with Gasteiger partial charge in [0.15, 0.2) is 0 Å². The number of halogens is 1. The number of carbonyl (C=O) groups is 3. The molecule has 150 valence electrons. The van der Waals surface area contributed by atoms with Gasteiger partial charge >= 0.3 is 0 Å². The molecule has 1 aliphatic rings. The van der Waals surface area contributed by atoms with E-state index in [4.69, 9.17) is 4.74 Å². The van der Waals surface area contributed by atoms with E-state index in [1.54, 1.807) is 37.5 Å². The molecular weight excluding hydrogens is 456 g/mol. The van der Waals surface area contributed by atoms with Crippen molar-refractivity contribution < 1.29 is 19.1 Å². The van der Waals surface area contributed by atoms with E-state index in [0.29, 0.717) is 11.4 Å². The minimum absolute atomic E-state index is 0.269. The van der Waals surface area contributed by atoms with Gasteiger partial charge in [-0.2, -0.15) is 0 Å². The molecule has 0 radical (unpaired) electrons. The van der Waals surface area contributed by atoms with E-state index >= 15 is 0 Å². The molecule has 3 rings (SSSR count). The summed E-state index contributed by atoms with van der Waals surface area (Å²) in [6.07, 6.45) is 1.62. The zero-order valence-corrected chi connectivity index (χ0v) is 18.5. The van der Waals surface area contributed by atoms with Gasteiger partial charge in [0, 0.05) is 5.69 Å². The number of thioether (sulfide) groups is 1. The molecule has 0 bridgehead atoms.